The molecule has 0 atom stereocenters. The number of hydrogen-bond donors (Lipinski definition) is 2. The van der Waals surface area contributed by atoms with Crippen LogP contribution in [0.15, 0.2) is 57.9 Å². The normalized spacial score (nSPS) is 10.3. The third-order valence-corrected chi connectivity index (χ3v) is 3.15. The number of amides is 1. The monoisotopic (exact) mass is 326 g/mol. The largest absolute Gasteiger partial charge is 0.422 e. The van der Waals surface area contributed by atoms with Crippen molar-refractivity contribution in [3.8, 4) is 0 Å². The molecule has 9 heteroatoms. The van der Waals surface area contributed by atoms with E-state index < -0.39 is 16.5 Å². The van der Waals surface area contributed by atoms with Gasteiger partial charge < -0.3 is 4.42 Å². The van der Waals surface area contributed by atoms with Crippen LogP contribution < -0.4 is 16.5 Å². The van der Waals surface area contributed by atoms with Crippen molar-refractivity contribution in [2.24, 2.45) is 0 Å². The molecule has 1 amide bonds. The quantitative estimate of drug-likeness (QED) is 0.425. The number of rotatable bonds is 4. The number of carbonyl (C=O) groups excluding carboxylic acids is 1. The third-order valence-electron chi connectivity index (χ3n) is 3.15. The number of fused-ring (bicyclic) bond motifs is 1. The summed E-state index contributed by atoms with van der Waals surface area (Å²) >= 11 is 0. The molecule has 0 radical (unpaired) electrons. The maximum absolute atomic E-state index is 12.1. The van der Waals surface area contributed by atoms with Gasteiger partial charge >= 0.3 is 5.63 Å². The molecule has 0 aliphatic carbocycles. The number of anilines is 1. The predicted octanol–water partition coefficient (Wildman–Crippen LogP) is 1.85. The first-order chi connectivity index (χ1) is 11.5. The molecular weight excluding hydrogens is 316 g/mol. The Morgan fingerprint density at radius 2 is 2.00 bits per heavy atom. The number of aromatic nitrogens is 1. The summed E-state index contributed by atoms with van der Waals surface area (Å²) < 4.78 is 5.07. The molecule has 0 aliphatic heterocycles. The van der Waals surface area contributed by atoms with Gasteiger partial charge in [0.1, 0.15) is 23.2 Å². The third kappa shape index (κ3) is 3.04. The fraction of sp³-hybridized carbons (Fsp3) is 0. The zero-order valence-electron chi connectivity index (χ0n) is 12.1. The minimum atomic E-state index is -0.773. The van der Waals surface area contributed by atoms with Gasteiger partial charge in [0.15, 0.2) is 0 Å². The van der Waals surface area contributed by atoms with E-state index >= 15 is 0 Å². The molecule has 120 valence electrons. The Labute approximate surface area is 134 Å². The summed E-state index contributed by atoms with van der Waals surface area (Å²) in [5.74, 6) is -0.534. The first-order valence-electron chi connectivity index (χ1n) is 6.74. The van der Waals surface area contributed by atoms with Gasteiger partial charge in [-0.15, -0.1) is 0 Å². The second-order valence-corrected chi connectivity index (χ2v) is 4.72. The fourth-order valence-corrected chi connectivity index (χ4v) is 1.98. The van der Waals surface area contributed by atoms with E-state index in [1.54, 1.807) is 24.3 Å². The average molecular weight is 326 g/mol. The number of para-hydroxylation sites is 1. The highest BCUT2D eigenvalue weighted by Gasteiger charge is 2.13. The van der Waals surface area contributed by atoms with Crippen LogP contribution in [0.5, 0.6) is 0 Å². The Morgan fingerprint density at radius 3 is 2.71 bits per heavy atom. The van der Waals surface area contributed by atoms with Gasteiger partial charge in [0.25, 0.3) is 11.6 Å². The second-order valence-electron chi connectivity index (χ2n) is 4.72. The van der Waals surface area contributed by atoms with E-state index in [4.69, 9.17) is 4.42 Å². The Morgan fingerprint density at radius 1 is 1.21 bits per heavy atom. The van der Waals surface area contributed by atoms with Crippen molar-refractivity contribution >= 4 is 28.4 Å². The Bertz CT molecular complexity index is 981. The second kappa shape index (κ2) is 6.16. The Balaban J connectivity index is 1.76. The van der Waals surface area contributed by atoms with E-state index in [9.17, 15) is 19.7 Å². The molecule has 0 saturated carbocycles. The van der Waals surface area contributed by atoms with Crippen molar-refractivity contribution in [2.75, 3.05) is 5.43 Å². The lowest BCUT2D eigenvalue weighted by Crippen LogP contribution is -2.33. The highest BCUT2D eigenvalue weighted by Crippen LogP contribution is 2.13. The molecule has 9 nitrogen and oxygen atoms in total. The Kier molecular flexibility index (Phi) is 3.89. The van der Waals surface area contributed by atoms with E-state index in [-0.39, 0.29) is 17.1 Å². The summed E-state index contributed by atoms with van der Waals surface area (Å²) in [5.41, 5.74) is 4.01. The zero-order valence-corrected chi connectivity index (χ0v) is 12.1. The molecule has 3 rings (SSSR count). The molecule has 0 unspecified atom stereocenters. The van der Waals surface area contributed by atoms with Gasteiger partial charge in [-0.3, -0.25) is 25.8 Å². The van der Waals surface area contributed by atoms with Crippen LogP contribution in [0, 0.1) is 10.1 Å². The molecule has 0 spiro atoms. The minimum Gasteiger partial charge on any atom is -0.422 e. The number of benzene rings is 1. The summed E-state index contributed by atoms with van der Waals surface area (Å²) in [6.07, 6.45) is 1.04. The van der Waals surface area contributed by atoms with Crippen molar-refractivity contribution in [1.29, 1.82) is 0 Å². The first kappa shape index (κ1) is 15.2. The van der Waals surface area contributed by atoms with Gasteiger partial charge in [-0.2, -0.15) is 0 Å². The highest BCUT2D eigenvalue weighted by molar-refractivity contribution is 5.97. The fourth-order valence-electron chi connectivity index (χ4n) is 1.98. The van der Waals surface area contributed by atoms with E-state index in [0.29, 0.717) is 11.0 Å². The van der Waals surface area contributed by atoms with Gasteiger partial charge in [0.05, 0.1) is 4.92 Å². The van der Waals surface area contributed by atoms with Gasteiger partial charge in [-0.05, 0) is 18.2 Å². The summed E-state index contributed by atoms with van der Waals surface area (Å²) in [4.78, 5) is 37.7. The molecule has 0 bridgehead atoms. The maximum atomic E-state index is 12.1. The number of nitrogens with zero attached hydrogens (tertiary/aromatic N) is 2. The van der Waals surface area contributed by atoms with E-state index in [2.05, 4.69) is 15.8 Å². The van der Waals surface area contributed by atoms with Crippen LogP contribution in [0.2, 0.25) is 0 Å². The topological polar surface area (TPSA) is 127 Å². The van der Waals surface area contributed by atoms with Gasteiger partial charge in [0, 0.05) is 11.5 Å². The van der Waals surface area contributed by atoms with Crippen LogP contribution in [0.1, 0.15) is 10.4 Å². The van der Waals surface area contributed by atoms with Crippen LogP contribution in [0.4, 0.5) is 11.5 Å². The lowest BCUT2D eigenvalue weighted by atomic mass is 10.2. The number of pyridine rings is 1. The lowest BCUT2D eigenvalue weighted by molar-refractivity contribution is -0.385. The molecule has 0 aliphatic rings. The number of hydrogen-bond acceptors (Lipinski definition) is 7. The van der Waals surface area contributed by atoms with Crippen molar-refractivity contribution < 1.29 is 14.1 Å². The van der Waals surface area contributed by atoms with Gasteiger partial charge in [-0.25, -0.2) is 9.78 Å². The molecule has 24 heavy (non-hydrogen) atoms. The molecule has 0 fully saturated rings. The van der Waals surface area contributed by atoms with Crippen LogP contribution in [0.3, 0.4) is 0 Å². The number of hydrazine groups is 1. The number of nitrogens with one attached hydrogen (secondary N) is 2. The van der Waals surface area contributed by atoms with Crippen LogP contribution in [-0.4, -0.2) is 15.8 Å². The standard InChI is InChI=1S/C15H10N4O5/c20-14(18-17-13-6-5-10(8-16-13)19(22)23)11-7-9-3-1-2-4-12(9)24-15(11)21/h1-8H,(H,16,17)(H,18,20). The molecule has 0 saturated heterocycles. The SMILES string of the molecule is O=C(NNc1ccc([N+](=O)[O-])cn1)c1cc2ccccc2oc1=O. The van der Waals surface area contributed by atoms with E-state index in [1.807, 2.05) is 0 Å². The molecule has 1 aromatic carbocycles. The maximum Gasteiger partial charge on any atom is 0.349 e. The van der Waals surface area contributed by atoms with Gasteiger partial charge in [-0.1, -0.05) is 18.2 Å². The highest BCUT2D eigenvalue weighted by atomic mass is 16.6. The van der Waals surface area contributed by atoms with Crippen LogP contribution >= 0.6 is 0 Å². The smallest absolute Gasteiger partial charge is 0.349 e. The van der Waals surface area contributed by atoms with Crippen LogP contribution in [-0.2, 0) is 0 Å². The molecular formula is C15H10N4O5. The van der Waals surface area contributed by atoms with Crippen molar-refractivity contribution in [3.05, 3.63) is 74.8 Å². The number of nitro groups is 1. The van der Waals surface area contributed by atoms with Crippen molar-refractivity contribution in [1.82, 2.24) is 10.4 Å². The molecule has 3 aromatic rings. The summed E-state index contributed by atoms with van der Waals surface area (Å²) in [6.45, 7) is 0. The van der Waals surface area contributed by atoms with Crippen molar-refractivity contribution in [2.45, 2.75) is 0 Å². The first-order valence-corrected chi connectivity index (χ1v) is 6.74. The van der Waals surface area contributed by atoms with E-state index in [0.717, 1.165) is 6.20 Å². The molecule has 2 aromatic heterocycles. The van der Waals surface area contributed by atoms with Gasteiger partial charge in [0.2, 0.25) is 0 Å². The summed E-state index contributed by atoms with van der Waals surface area (Å²) in [5, 5.41) is 11.1. The molecule has 2 N–H and O–H groups in total. The minimum absolute atomic E-state index is 0.178. The predicted molar refractivity (Wildman–Crippen MR) is 84.5 cm³/mol. The van der Waals surface area contributed by atoms with Crippen molar-refractivity contribution in [3.63, 3.8) is 0 Å². The number of carbonyl (C=O) groups is 1. The molecule has 2 heterocycles. The van der Waals surface area contributed by atoms with Crippen LogP contribution in [0.25, 0.3) is 11.0 Å². The average Bonchev–Trinajstić information content (AvgIpc) is 2.59. The lowest BCUT2D eigenvalue weighted by Gasteiger charge is -2.07. The van der Waals surface area contributed by atoms with E-state index in [1.165, 1.54) is 18.2 Å². The summed E-state index contributed by atoms with van der Waals surface area (Å²) in [6, 6.07) is 10.8. The summed E-state index contributed by atoms with van der Waals surface area (Å²) in [7, 11) is 0. The Hall–Kier alpha value is -3.75. The zero-order chi connectivity index (χ0) is 17.1.